The van der Waals surface area contributed by atoms with E-state index in [1.165, 1.54) is 48.4 Å². The van der Waals surface area contributed by atoms with Crippen LogP contribution in [0, 0.1) is 0 Å². The fourth-order valence-corrected chi connectivity index (χ4v) is 8.99. The second kappa shape index (κ2) is 27.1. The van der Waals surface area contributed by atoms with Gasteiger partial charge in [0.2, 0.25) is 13.6 Å². The van der Waals surface area contributed by atoms with Gasteiger partial charge in [0.25, 0.3) is 11.8 Å². The van der Waals surface area contributed by atoms with Crippen molar-refractivity contribution in [2.75, 3.05) is 94.1 Å². The minimum atomic E-state index is -5.19. The molecule has 2 saturated heterocycles. The highest BCUT2D eigenvalue weighted by molar-refractivity contribution is 5.95. The number of piperazine rings is 2. The lowest BCUT2D eigenvalue weighted by Crippen LogP contribution is -2.54. The molecule has 0 spiro atoms. The predicted octanol–water partition coefficient (Wildman–Crippen LogP) is 6.41. The van der Waals surface area contributed by atoms with Crippen molar-refractivity contribution in [2.45, 2.75) is 38.5 Å². The van der Waals surface area contributed by atoms with Crippen LogP contribution in [0.4, 0.5) is 26.3 Å². The maximum atomic E-state index is 12.6. The Hall–Kier alpha value is -8.18. The largest absolute Gasteiger partial charge is 0.542 e. The summed E-state index contributed by atoms with van der Waals surface area (Å²) in [6, 6.07) is 44.9. The Balaban J connectivity index is 0.000000192. The molecule has 16 nitrogen and oxygen atoms in total. The Bertz CT molecular complexity index is 2980. The van der Waals surface area contributed by atoms with Gasteiger partial charge in [-0.1, -0.05) is 72.8 Å². The average molecular weight is 1140 g/mol. The summed E-state index contributed by atoms with van der Waals surface area (Å²) < 4.78 is 86.7. The van der Waals surface area contributed by atoms with Gasteiger partial charge in [-0.15, -0.1) is 0 Å². The summed E-state index contributed by atoms with van der Waals surface area (Å²) in [6.45, 7) is 12.6. The summed E-state index contributed by atoms with van der Waals surface area (Å²) in [7, 11) is 9.23. The molecule has 0 aromatic heterocycles. The summed E-state index contributed by atoms with van der Waals surface area (Å²) in [5, 5.41) is 23.6. The smallest absolute Gasteiger partial charge is 0.430 e. The summed E-state index contributed by atoms with van der Waals surface area (Å²) in [5.41, 5.74) is 10.7. The van der Waals surface area contributed by atoms with Gasteiger partial charge in [0, 0.05) is 63.5 Å². The standard InChI is InChI=1S/2C28H31N3O3.2C2HF3O2/c2*1-31(2)13-11-30(12-14-31)19-22-6-4-8-24(16-22)23-7-3-5-21(15-23)18-29-28(32)25-9-10-26-27(17-25)34-20-33-26;2*3-2(4,5)1(6)7/h2*3-10,15-17H,11-14,18-20H2,1-2H3;2*(H,6,7). The zero-order chi connectivity index (χ0) is 59.2. The monoisotopic (exact) mass is 1140 g/mol. The van der Waals surface area contributed by atoms with E-state index in [0.717, 1.165) is 70.5 Å². The second-order valence-electron chi connectivity index (χ2n) is 21.2. The number of alkyl halides is 6. The number of nitrogens with zero attached hydrogens (tertiary/aromatic N) is 4. The number of hydrogen-bond acceptors (Lipinski definition) is 12. The number of nitrogens with one attached hydrogen (secondary N) is 2. The topological polar surface area (TPSA) is 182 Å². The number of carbonyl (C=O) groups excluding carboxylic acids is 4. The summed E-state index contributed by atoms with van der Waals surface area (Å²) >= 11 is 0. The molecule has 0 saturated carbocycles. The molecular formula is C60H64F6N6O10. The summed E-state index contributed by atoms with van der Waals surface area (Å²) in [5.74, 6) is -3.70. The van der Waals surface area contributed by atoms with Gasteiger partial charge in [0.05, 0.1) is 54.4 Å². The SMILES string of the molecule is C[N+]1(C)CCN(Cc2cccc(-c3cccc(CNC(=O)c4ccc5c(c4)OCO5)c3)c2)CC1.C[N+]1(C)CCN(Cc2cccc(-c3cccc(CNC(=O)c4ccc5c(c4)OCO5)c3)c2)CC1.O=C([O-])C(F)(F)F.O=C([O-])C(F)(F)F. The van der Waals surface area contributed by atoms with Crippen LogP contribution in [0.2, 0.25) is 0 Å². The Morgan fingerprint density at radius 2 is 0.744 bits per heavy atom. The lowest BCUT2D eigenvalue weighted by molar-refractivity contribution is -0.894. The fraction of sp³-hybridized carbons (Fsp3) is 0.333. The molecule has 82 heavy (non-hydrogen) atoms. The highest BCUT2D eigenvalue weighted by Gasteiger charge is 2.30. The molecule has 0 aliphatic carbocycles. The molecule has 0 unspecified atom stereocenters. The number of aliphatic carboxylic acids is 2. The molecule has 436 valence electrons. The van der Waals surface area contributed by atoms with Crippen LogP contribution < -0.4 is 39.8 Å². The van der Waals surface area contributed by atoms with Crippen molar-refractivity contribution in [2.24, 2.45) is 0 Å². The Kier molecular flexibility index (Phi) is 20.3. The van der Waals surface area contributed by atoms with Gasteiger partial charge in [-0.05, 0) is 105 Å². The fourth-order valence-electron chi connectivity index (χ4n) is 8.99. The maximum Gasteiger partial charge on any atom is 0.430 e. The van der Waals surface area contributed by atoms with Gasteiger partial charge < -0.3 is 58.3 Å². The van der Waals surface area contributed by atoms with Crippen molar-refractivity contribution in [3.05, 3.63) is 167 Å². The number of hydrogen-bond donors (Lipinski definition) is 2. The number of rotatable bonds is 12. The maximum absolute atomic E-state index is 12.6. The first-order valence-electron chi connectivity index (χ1n) is 26.2. The number of quaternary nitrogens is 2. The first kappa shape index (κ1) is 61.4. The molecule has 22 heteroatoms. The van der Waals surface area contributed by atoms with Crippen molar-refractivity contribution in [1.29, 1.82) is 0 Å². The van der Waals surface area contributed by atoms with E-state index in [1.807, 2.05) is 12.1 Å². The van der Waals surface area contributed by atoms with E-state index < -0.39 is 24.3 Å². The summed E-state index contributed by atoms with van der Waals surface area (Å²) in [6.07, 6.45) is -10.4. The average Bonchev–Trinajstić information content (AvgIpc) is 4.16. The third-order valence-corrected chi connectivity index (χ3v) is 13.9. The van der Waals surface area contributed by atoms with Crippen LogP contribution in [-0.2, 0) is 35.8 Å². The lowest BCUT2D eigenvalue weighted by Gasteiger charge is -2.39. The van der Waals surface area contributed by atoms with Crippen LogP contribution in [0.1, 0.15) is 43.0 Å². The molecule has 6 aromatic rings. The van der Waals surface area contributed by atoms with E-state index >= 15 is 0 Å². The highest BCUT2D eigenvalue weighted by atomic mass is 19.4. The lowest BCUT2D eigenvalue weighted by atomic mass is 10.0. The molecule has 2 amide bonds. The van der Waals surface area contributed by atoms with Crippen molar-refractivity contribution >= 4 is 23.8 Å². The number of carbonyl (C=O) groups is 4. The third-order valence-electron chi connectivity index (χ3n) is 13.9. The van der Waals surface area contributed by atoms with Gasteiger partial charge in [0.15, 0.2) is 23.0 Å². The Labute approximate surface area is 471 Å². The van der Waals surface area contributed by atoms with E-state index in [0.29, 0.717) is 47.2 Å². The minimum Gasteiger partial charge on any atom is -0.542 e. The Morgan fingerprint density at radius 3 is 1.06 bits per heavy atom. The van der Waals surface area contributed by atoms with Crippen LogP contribution in [0.25, 0.3) is 22.3 Å². The minimum absolute atomic E-state index is 0.131. The zero-order valence-corrected chi connectivity index (χ0v) is 45.7. The molecule has 4 heterocycles. The van der Waals surface area contributed by atoms with Gasteiger partial charge >= 0.3 is 12.4 Å². The van der Waals surface area contributed by atoms with E-state index in [4.69, 9.17) is 38.7 Å². The molecule has 6 aromatic carbocycles. The van der Waals surface area contributed by atoms with E-state index in [9.17, 15) is 35.9 Å². The van der Waals surface area contributed by atoms with E-state index in [2.05, 4.69) is 134 Å². The van der Waals surface area contributed by atoms with Crippen LogP contribution >= 0.6 is 0 Å². The number of likely N-dealkylation sites (N-methyl/N-ethyl adjacent to an activating group) is 2. The number of benzene rings is 6. The molecule has 4 aliphatic rings. The third kappa shape index (κ3) is 18.4. The van der Waals surface area contributed by atoms with Crippen LogP contribution in [0.15, 0.2) is 133 Å². The number of halogens is 6. The van der Waals surface area contributed by atoms with Gasteiger partial charge in [-0.25, -0.2) is 0 Å². The Morgan fingerprint density at radius 1 is 0.451 bits per heavy atom. The molecular weight excluding hydrogens is 1080 g/mol. The molecule has 2 N–H and O–H groups in total. The van der Waals surface area contributed by atoms with Crippen LogP contribution in [0.5, 0.6) is 23.0 Å². The number of amides is 2. The van der Waals surface area contributed by atoms with Crippen molar-refractivity contribution in [3.63, 3.8) is 0 Å². The van der Waals surface area contributed by atoms with Gasteiger partial charge in [-0.3, -0.25) is 19.4 Å². The van der Waals surface area contributed by atoms with Crippen molar-refractivity contribution in [1.82, 2.24) is 20.4 Å². The van der Waals surface area contributed by atoms with Crippen LogP contribution in [-0.4, -0.2) is 149 Å². The number of ether oxygens (including phenoxy) is 4. The molecule has 2 fully saturated rings. The highest BCUT2D eigenvalue weighted by Crippen LogP contribution is 2.34. The normalized spacial score (nSPS) is 15.9. The molecule has 0 atom stereocenters. The molecule has 0 bridgehead atoms. The van der Waals surface area contributed by atoms with Gasteiger partial charge in [0.1, 0.15) is 11.9 Å². The number of carboxylic acids is 2. The van der Waals surface area contributed by atoms with Gasteiger partial charge in [-0.2, -0.15) is 26.3 Å². The summed E-state index contributed by atoms with van der Waals surface area (Å²) in [4.78, 5) is 47.9. The second-order valence-corrected chi connectivity index (χ2v) is 21.2. The predicted molar refractivity (Wildman–Crippen MR) is 288 cm³/mol. The first-order valence-corrected chi connectivity index (χ1v) is 26.2. The van der Waals surface area contributed by atoms with Crippen LogP contribution in [0.3, 0.4) is 0 Å². The first-order chi connectivity index (χ1) is 38.8. The number of carboxylic acid groups (broad SMARTS) is 2. The zero-order valence-electron chi connectivity index (χ0n) is 45.7. The molecule has 10 rings (SSSR count). The van der Waals surface area contributed by atoms with Crippen molar-refractivity contribution in [3.8, 4) is 45.3 Å². The molecule has 4 aliphatic heterocycles. The van der Waals surface area contributed by atoms with Crippen molar-refractivity contribution < 1.29 is 83.6 Å². The quantitative estimate of drug-likeness (QED) is 0.102. The van der Waals surface area contributed by atoms with E-state index in [1.54, 1.807) is 36.4 Å². The number of fused-ring (bicyclic) bond motifs is 2. The van der Waals surface area contributed by atoms with E-state index in [-0.39, 0.29) is 25.4 Å². The molecule has 0 radical (unpaired) electrons.